The summed E-state index contributed by atoms with van der Waals surface area (Å²) in [5.41, 5.74) is 0. The van der Waals surface area contributed by atoms with Crippen LogP contribution in [0.1, 0.15) is 18.2 Å². The van der Waals surface area contributed by atoms with Crippen LogP contribution in [0.5, 0.6) is 0 Å². The number of hydrogen-bond donors (Lipinski definition) is 1. The van der Waals surface area contributed by atoms with E-state index in [1.165, 1.54) is 11.2 Å². The molecule has 1 aliphatic heterocycles. The van der Waals surface area contributed by atoms with Crippen molar-refractivity contribution in [2.24, 2.45) is 5.92 Å². The van der Waals surface area contributed by atoms with Gasteiger partial charge in [0.25, 0.3) is 0 Å². The molecule has 5 heteroatoms. The summed E-state index contributed by atoms with van der Waals surface area (Å²) >= 11 is 0. The number of hydrogen-bond acceptors (Lipinski definition) is 3. The highest BCUT2D eigenvalue weighted by Crippen LogP contribution is 2.37. The van der Waals surface area contributed by atoms with E-state index in [2.05, 4.69) is 0 Å². The molecule has 1 amide bonds. The summed E-state index contributed by atoms with van der Waals surface area (Å²) in [6.07, 6.45) is 1.52. The Labute approximate surface area is 86.3 Å². The quantitative estimate of drug-likeness (QED) is 0.785. The van der Waals surface area contributed by atoms with Gasteiger partial charge in [-0.25, -0.2) is 0 Å². The van der Waals surface area contributed by atoms with Gasteiger partial charge in [0.2, 0.25) is 5.91 Å². The second kappa shape index (κ2) is 3.42. The molecule has 1 N–H and O–H groups in total. The van der Waals surface area contributed by atoms with Crippen molar-refractivity contribution in [3.63, 3.8) is 0 Å². The van der Waals surface area contributed by atoms with Crippen molar-refractivity contribution in [2.75, 3.05) is 7.05 Å². The van der Waals surface area contributed by atoms with E-state index < -0.39 is 17.9 Å². The van der Waals surface area contributed by atoms with E-state index in [0.29, 0.717) is 5.76 Å². The Morgan fingerprint density at radius 2 is 2.40 bits per heavy atom. The first-order valence-electron chi connectivity index (χ1n) is 4.63. The molecule has 15 heavy (non-hydrogen) atoms. The lowest BCUT2D eigenvalue weighted by Gasteiger charge is -2.20. The zero-order valence-electron chi connectivity index (χ0n) is 8.21. The monoisotopic (exact) mass is 209 g/mol. The molecule has 2 heterocycles. The average molecular weight is 209 g/mol. The fourth-order valence-corrected chi connectivity index (χ4v) is 1.94. The van der Waals surface area contributed by atoms with Crippen molar-refractivity contribution in [3.05, 3.63) is 24.2 Å². The van der Waals surface area contributed by atoms with Gasteiger partial charge < -0.3 is 14.4 Å². The van der Waals surface area contributed by atoms with Crippen LogP contribution >= 0.6 is 0 Å². The van der Waals surface area contributed by atoms with Crippen LogP contribution in [0, 0.1) is 5.92 Å². The zero-order valence-corrected chi connectivity index (χ0v) is 8.21. The van der Waals surface area contributed by atoms with E-state index in [1.807, 2.05) is 0 Å². The molecule has 1 saturated heterocycles. The highest BCUT2D eigenvalue weighted by molar-refractivity contribution is 5.86. The summed E-state index contributed by atoms with van der Waals surface area (Å²) < 4.78 is 5.16. The van der Waals surface area contributed by atoms with Crippen LogP contribution in [0.4, 0.5) is 0 Å². The molecule has 0 radical (unpaired) electrons. The van der Waals surface area contributed by atoms with Crippen LogP contribution < -0.4 is 0 Å². The van der Waals surface area contributed by atoms with Crippen LogP contribution in [-0.2, 0) is 9.59 Å². The van der Waals surface area contributed by atoms with Crippen LogP contribution in [0.2, 0.25) is 0 Å². The molecular formula is C10H11NO4. The van der Waals surface area contributed by atoms with Gasteiger partial charge in [0.15, 0.2) is 0 Å². The van der Waals surface area contributed by atoms with Crippen molar-refractivity contribution < 1.29 is 19.1 Å². The van der Waals surface area contributed by atoms with Gasteiger partial charge in [0.05, 0.1) is 12.2 Å². The average Bonchev–Trinajstić information content (AvgIpc) is 2.76. The first-order valence-corrected chi connectivity index (χ1v) is 4.63. The first-order chi connectivity index (χ1) is 7.11. The topological polar surface area (TPSA) is 70.8 Å². The van der Waals surface area contributed by atoms with Crippen molar-refractivity contribution in [2.45, 2.75) is 12.5 Å². The molecule has 2 rings (SSSR count). The van der Waals surface area contributed by atoms with Gasteiger partial charge in [-0.2, -0.15) is 0 Å². The highest BCUT2D eigenvalue weighted by Gasteiger charge is 2.44. The fourth-order valence-electron chi connectivity index (χ4n) is 1.94. The number of furan rings is 1. The molecule has 5 nitrogen and oxygen atoms in total. The molecule has 1 aliphatic rings. The minimum atomic E-state index is -0.964. The van der Waals surface area contributed by atoms with E-state index in [9.17, 15) is 9.59 Å². The van der Waals surface area contributed by atoms with Crippen molar-refractivity contribution in [1.82, 2.24) is 4.90 Å². The van der Waals surface area contributed by atoms with Crippen molar-refractivity contribution in [1.29, 1.82) is 0 Å². The number of carbonyl (C=O) groups is 2. The standard InChI is InChI=1S/C10H11NO4/c1-11-8(12)5-6(10(13)14)9(11)7-3-2-4-15-7/h2-4,6,9H,5H2,1H3,(H,13,14)/t6-,9-/m1/s1. The third-order valence-electron chi connectivity index (χ3n) is 2.74. The van der Waals surface area contributed by atoms with Crippen LogP contribution in [-0.4, -0.2) is 28.9 Å². The van der Waals surface area contributed by atoms with Gasteiger partial charge in [0.1, 0.15) is 11.8 Å². The molecule has 0 unspecified atom stereocenters. The third-order valence-corrected chi connectivity index (χ3v) is 2.74. The van der Waals surface area contributed by atoms with Crippen LogP contribution in [0.15, 0.2) is 22.8 Å². The summed E-state index contributed by atoms with van der Waals surface area (Å²) in [6.45, 7) is 0. The SMILES string of the molecule is CN1C(=O)C[C@@H](C(=O)O)[C@@H]1c1ccco1. The van der Waals surface area contributed by atoms with Gasteiger partial charge in [-0.05, 0) is 12.1 Å². The van der Waals surface area contributed by atoms with E-state index in [0.717, 1.165) is 0 Å². The molecular weight excluding hydrogens is 198 g/mol. The number of amides is 1. The molecule has 1 aromatic heterocycles. The molecule has 0 saturated carbocycles. The van der Waals surface area contributed by atoms with Gasteiger partial charge in [-0.1, -0.05) is 0 Å². The predicted octanol–water partition coefficient (Wildman–Crippen LogP) is 0.884. The van der Waals surface area contributed by atoms with Gasteiger partial charge in [-0.15, -0.1) is 0 Å². The molecule has 0 aromatic carbocycles. The number of nitrogens with zero attached hydrogens (tertiary/aromatic N) is 1. The van der Waals surface area contributed by atoms with Crippen LogP contribution in [0.3, 0.4) is 0 Å². The Hall–Kier alpha value is -1.78. The lowest BCUT2D eigenvalue weighted by Crippen LogP contribution is -2.26. The summed E-state index contributed by atoms with van der Waals surface area (Å²) in [5, 5.41) is 9.00. The van der Waals surface area contributed by atoms with Gasteiger partial charge in [0, 0.05) is 13.5 Å². The Kier molecular flexibility index (Phi) is 2.22. The maximum absolute atomic E-state index is 11.4. The molecule has 0 aliphatic carbocycles. The highest BCUT2D eigenvalue weighted by atomic mass is 16.4. The lowest BCUT2D eigenvalue weighted by molar-refractivity contribution is -0.142. The minimum Gasteiger partial charge on any atom is -0.481 e. The second-order valence-corrected chi connectivity index (χ2v) is 3.61. The number of rotatable bonds is 2. The Morgan fingerprint density at radius 1 is 1.67 bits per heavy atom. The van der Waals surface area contributed by atoms with Crippen LogP contribution in [0.25, 0.3) is 0 Å². The second-order valence-electron chi connectivity index (χ2n) is 3.61. The predicted molar refractivity (Wildman–Crippen MR) is 50.0 cm³/mol. The third kappa shape index (κ3) is 1.49. The molecule has 2 atom stereocenters. The first kappa shape index (κ1) is 9.76. The lowest BCUT2D eigenvalue weighted by atomic mass is 9.99. The van der Waals surface area contributed by atoms with Crippen molar-refractivity contribution in [3.8, 4) is 0 Å². The maximum atomic E-state index is 11.4. The largest absolute Gasteiger partial charge is 0.481 e. The molecule has 1 aromatic rings. The van der Waals surface area contributed by atoms with E-state index in [-0.39, 0.29) is 12.3 Å². The minimum absolute atomic E-state index is 0.0389. The maximum Gasteiger partial charge on any atom is 0.309 e. The van der Waals surface area contributed by atoms with E-state index >= 15 is 0 Å². The Bertz CT molecular complexity index is 384. The molecule has 0 bridgehead atoms. The molecule has 80 valence electrons. The summed E-state index contributed by atoms with van der Waals surface area (Å²) in [4.78, 5) is 23.8. The number of aliphatic carboxylic acids is 1. The number of carboxylic acids is 1. The number of carbonyl (C=O) groups excluding carboxylic acids is 1. The number of carboxylic acid groups (broad SMARTS) is 1. The Balaban J connectivity index is 2.34. The summed E-state index contributed by atoms with van der Waals surface area (Å²) in [7, 11) is 1.60. The van der Waals surface area contributed by atoms with Crippen molar-refractivity contribution >= 4 is 11.9 Å². The molecule has 1 fully saturated rings. The summed E-state index contributed by atoms with van der Waals surface area (Å²) in [6, 6.07) is 2.89. The van der Waals surface area contributed by atoms with Gasteiger partial charge >= 0.3 is 5.97 Å². The van der Waals surface area contributed by atoms with E-state index in [1.54, 1.807) is 19.2 Å². The smallest absolute Gasteiger partial charge is 0.309 e. The van der Waals surface area contributed by atoms with E-state index in [4.69, 9.17) is 9.52 Å². The van der Waals surface area contributed by atoms with Gasteiger partial charge in [-0.3, -0.25) is 9.59 Å². The Morgan fingerprint density at radius 3 is 2.93 bits per heavy atom. The zero-order chi connectivity index (χ0) is 11.0. The molecule has 0 spiro atoms. The fraction of sp³-hybridized carbons (Fsp3) is 0.400. The normalized spacial score (nSPS) is 25.9. The number of likely N-dealkylation sites (tertiary alicyclic amines) is 1. The summed E-state index contributed by atoms with van der Waals surface area (Å²) in [5.74, 6) is -1.32.